The van der Waals surface area contributed by atoms with Crippen LogP contribution in [0.2, 0.25) is 0 Å². The Balaban J connectivity index is 2.34. The fourth-order valence-electron chi connectivity index (χ4n) is 1.75. The molecule has 2 nitrogen and oxygen atoms in total. The van der Waals surface area contributed by atoms with Gasteiger partial charge in [-0.05, 0) is 38.8 Å². The molecule has 0 aromatic heterocycles. The van der Waals surface area contributed by atoms with Crippen molar-refractivity contribution in [3.8, 4) is 0 Å². The molecule has 1 rings (SSSR count). The summed E-state index contributed by atoms with van der Waals surface area (Å²) in [5.74, 6) is 0.763. The van der Waals surface area contributed by atoms with Gasteiger partial charge in [-0.1, -0.05) is 13.8 Å². The lowest BCUT2D eigenvalue weighted by atomic mass is 9.99. The van der Waals surface area contributed by atoms with Crippen molar-refractivity contribution in [3.63, 3.8) is 0 Å². The number of piperidine rings is 1. The molecular weight excluding hydrogens is 148 g/mol. The molecule has 72 valence electrons. The number of hydrogen-bond donors (Lipinski definition) is 1. The van der Waals surface area contributed by atoms with Gasteiger partial charge in [-0.3, -0.25) is 0 Å². The molecule has 0 aromatic carbocycles. The van der Waals surface area contributed by atoms with E-state index in [1.165, 1.54) is 25.9 Å². The zero-order valence-corrected chi connectivity index (χ0v) is 8.59. The highest BCUT2D eigenvalue weighted by Crippen LogP contribution is 2.16. The van der Waals surface area contributed by atoms with Crippen LogP contribution in [0.3, 0.4) is 0 Å². The minimum Gasteiger partial charge on any atom is -0.328 e. The van der Waals surface area contributed by atoms with Crippen molar-refractivity contribution in [2.75, 3.05) is 13.1 Å². The molecule has 1 fully saturated rings. The van der Waals surface area contributed by atoms with E-state index in [-0.39, 0.29) is 0 Å². The largest absolute Gasteiger partial charge is 0.328 e. The third-order valence-electron chi connectivity index (χ3n) is 3.11. The molecule has 0 radical (unpaired) electrons. The van der Waals surface area contributed by atoms with Crippen LogP contribution >= 0.6 is 0 Å². The second kappa shape index (κ2) is 4.24. The van der Waals surface area contributed by atoms with Crippen molar-refractivity contribution >= 4 is 0 Å². The summed E-state index contributed by atoms with van der Waals surface area (Å²) in [7, 11) is 0. The average molecular weight is 170 g/mol. The van der Waals surface area contributed by atoms with E-state index >= 15 is 0 Å². The standard InChI is InChI=1S/C10H22N2/c1-8(2)9(3)12-6-4-10(11)5-7-12/h8-10H,4-7,11H2,1-3H3. The van der Waals surface area contributed by atoms with Crippen LogP contribution in [-0.4, -0.2) is 30.1 Å². The van der Waals surface area contributed by atoms with Crippen LogP contribution in [0.15, 0.2) is 0 Å². The number of nitrogens with zero attached hydrogens (tertiary/aromatic N) is 1. The van der Waals surface area contributed by atoms with Gasteiger partial charge in [0.2, 0.25) is 0 Å². The van der Waals surface area contributed by atoms with E-state index < -0.39 is 0 Å². The van der Waals surface area contributed by atoms with E-state index in [9.17, 15) is 0 Å². The molecule has 0 amide bonds. The van der Waals surface area contributed by atoms with E-state index in [2.05, 4.69) is 25.7 Å². The quantitative estimate of drug-likeness (QED) is 0.679. The van der Waals surface area contributed by atoms with E-state index in [0.717, 1.165) is 12.0 Å². The summed E-state index contributed by atoms with van der Waals surface area (Å²) in [6, 6.07) is 1.18. The predicted octanol–water partition coefficient (Wildman–Crippen LogP) is 1.45. The van der Waals surface area contributed by atoms with Crippen molar-refractivity contribution < 1.29 is 0 Å². The zero-order chi connectivity index (χ0) is 9.14. The van der Waals surface area contributed by atoms with Crippen LogP contribution in [-0.2, 0) is 0 Å². The third kappa shape index (κ3) is 2.46. The van der Waals surface area contributed by atoms with Crippen molar-refractivity contribution in [1.82, 2.24) is 4.90 Å². The van der Waals surface area contributed by atoms with Crippen LogP contribution in [0.1, 0.15) is 33.6 Å². The minimum absolute atomic E-state index is 0.459. The third-order valence-corrected chi connectivity index (χ3v) is 3.11. The molecule has 0 aliphatic carbocycles. The lowest BCUT2D eigenvalue weighted by molar-refractivity contribution is 0.132. The Bertz CT molecular complexity index is 126. The molecule has 12 heavy (non-hydrogen) atoms. The number of nitrogens with two attached hydrogens (primary N) is 1. The maximum absolute atomic E-state index is 5.85. The van der Waals surface area contributed by atoms with Gasteiger partial charge in [-0.15, -0.1) is 0 Å². The lowest BCUT2D eigenvalue weighted by Gasteiger charge is -2.36. The highest BCUT2D eigenvalue weighted by Gasteiger charge is 2.21. The first kappa shape index (κ1) is 10.0. The summed E-state index contributed by atoms with van der Waals surface area (Å²) in [5, 5.41) is 0. The van der Waals surface area contributed by atoms with E-state index in [0.29, 0.717) is 6.04 Å². The van der Waals surface area contributed by atoms with Crippen molar-refractivity contribution in [2.45, 2.75) is 45.7 Å². The van der Waals surface area contributed by atoms with Gasteiger partial charge in [-0.2, -0.15) is 0 Å². The van der Waals surface area contributed by atoms with Gasteiger partial charge < -0.3 is 10.6 Å². The normalized spacial score (nSPS) is 24.8. The average Bonchev–Trinajstić information content (AvgIpc) is 2.04. The molecule has 1 aliphatic heterocycles. The molecule has 1 atom stereocenters. The minimum atomic E-state index is 0.459. The molecule has 1 unspecified atom stereocenters. The number of rotatable bonds is 2. The van der Waals surface area contributed by atoms with Gasteiger partial charge in [0.25, 0.3) is 0 Å². The molecular formula is C10H22N2. The predicted molar refractivity (Wildman–Crippen MR) is 53.1 cm³/mol. The van der Waals surface area contributed by atoms with Crippen LogP contribution in [0.4, 0.5) is 0 Å². The van der Waals surface area contributed by atoms with Gasteiger partial charge in [0, 0.05) is 12.1 Å². The lowest BCUT2D eigenvalue weighted by Crippen LogP contribution is -2.45. The summed E-state index contributed by atoms with van der Waals surface area (Å²) in [6.45, 7) is 9.29. The Morgan fingerprint density at radius 2 is 1.67 bits per heavy atom. The van der Waals surface area contributed by atoms with Crippen LogP contribution in [0, 0.1) is 5.92 Å². The van der Waals surface area contributed by atoms with Gasteiger partial charge in [0.1, 0.15) is 0 Å². The molecule has 1 aliphatic rings. The summed E-state index contributed by atoms with van der Waals surface area (Å²) in [4.78, 5) is 2.56. The summed E-state index contributed by atoms with van der Waals surface area (Å²) in [6.07, 6.45) is 2.36. The maximum Gasteiger partial charge on any atom is 0.00899 e. The Labute approximate surface area is 76.1 Å². The molecule has 0 bridgehead atoms. The van der Waals surface area contributed by atoms with Gasteiger partial charge >= 0.3 is 0 Å². The molecule has 0 saturated carbocycles. The monoisotopic (exact) mass is 170 g/mol. The van der Waals surface area contributed by atoms with Gasteiger partial charge in [-0.25, -0.2) is 0 Å². The van der Waals surface area contributed by atoms with Crippen molar-refractivity contribution in [3.05, 3.63) is 0 Å². The van der Waals surface area contributed by atoms with Crippen molar-refractivity contribution in [2.24, 2.45) is 11.7 Å². The summed E-state index contributed by atoms with van der Waals surface area (Å²) < 4.78 is 0. The smallest absolute Gasteiger partial charge is 0.00899 e. The molecule has 1 saturated heterocycles. The Morgan fingerprint density at radius 1 is 1.17 bits per heavy atom. The molecule has 0 aromatic rings. The first-order valence-corrected chi connectivity index (χ1v) is 5.11. The van der Waals surface area contributed by atoms with E-state index in [1.807, 2.05) is 0 Å². The Kier molecular flexibility index (Phi) is 3.53. The Hall–Kier alpha value is -0.0800. The van der Waals surface area contributed by atoms with Crippen LogP contribution < -0.4 is 5.73 Å². The first-order valence-electron chi connectivity index (χ1n) is 5.11. The van der Waals surface area contributed by atoms with Gasteiger partial charge in [0.05, 0.1) is 0 Å². The first-order chi connectivity index (χ1) is 5.61. The fourth-order valence-corrected chi connectivity index (χ4v) is 1.75. The topological polar surface area (TPSA) is 29.3 Å². The molecule has 1 heterocycles. The number of hydrogen-bond acceptors (Lipinski definition) is 2. The molecule has 0 spiro atoms. The van der Waals surface area contributed by atoms with Crippen LogP contribution in [0.5, 0.6) is 0 Å². The molecule has 2 N–H and O–H groups in total. The highest BCUT2D eigenvalue weighted by atomic mass is 15.2. The second-order valence-electron chi connectivity index (χ2n) is 4.36. The number of likely N-dealkylation sites (tertiary alicyclic amines) is 1. The van der Waals surface area contributed by atoms with Gasteiger partial charge in [0.15, 0.2) is 0 Å². The highest BCUT2D eigenvalue weighted by molar-refractivity contribution is 4.78. The SMILES string of the molecule is CC(C)C(C)N1CCC(N)CC1. The summed E-state index contributed by atoms with van der Waals surface area (Å²) >= 11 is 0. The molecule has 2 heteroatoms. The Morgan fingerprint density at radius 3 is 2.08 bits per heavy atom. The maximum atomic E-state index is 5.85. The zero-order valence-electron chi connectivity index (χ0n) is 8.59. The second-order valence-corrected chi connectivity index (χ2v) is 4.36. The summed E-state index contributed by atoms with van der Waals surface area (Å²) in [5.41, 5.74) is 5.85. The fraction of sp³-hybridized carbons (Fsp3) is 1.00. The van der Waals surface area contributed by atoms with Crippen LogP contribution in [0.25, 0.3) is 0 Å². The van der Waals surface area contributed by atoms with E-state index in [4.69, 9.17) is 5.73 Å². The van der Waals surface area contributed by atoms with Crippen molar-refractivity contribution in [1.29, 1.82) is 0 Å². The van der Waals surface area contributed by atoms with E-state index in [1.54, 1.807) is 0 Å².